The lowest BCUT2D eigenvalue weighted by atomic mass is 10.2. The SMILES string of the molecule is COCC(C)CNc1nc(C(F)(F)F)ccc1C(N)=S. The first-order valence-corrected chi connectivity index (χ1v) is 6.27. The summed E-state index contributed by atoms with van der Waals surface area (Å²) in [6.45, 7) is 2.77. The molecule has 1 aromatic rings. The fourth-order valence-corrected chi connectivity index (χ4v) is 1.73. The average Bonchev–Trinajstić information content (AvgIpc) is 2.35. The molecule has 0 aliphatic heterocycles. The van der Waals surface area contributed by atoms with Crippen molar-refractivity contribution in [3.63, 3.8) is 0 Å². The third-order valence-corrected chi connectivity index (χ3v) is 2.74. The zero-order chi connectivity index (χ0) is 15.3. The second-order valence-corrected chi connectivity index (χ2v) is 4.84. The molecule has 112 valence electrons. The number of anilines is 1. The molecular formula is C12H16F3N3OS. The summed E-state index contributed by atoms with van der Waals surface area (Å²) >= 11 is 4.81. The fraction of sp³-hybridized carbons (Fsp3) is 0.500. The summed E-state index contributed by atoms with van der Waals surface area (Å²) in [6, 6.07) is 2.08. The van der Waals surface area contributed by atoms with Gasteiger partial charge < -0.3 is 15.8 Å². The van der Waals surface area contributed by atoms with Crippen LogP contribution in [0.3, 0.4) is 0 Å². The molecule has 0 aliphatic rings. The van der Waals surface area contributed by atoms with Crippen LogP contribution in [0.5, 0.6) is 0 Å². The van der Waals surface area contributed by atoms with Gasteiger partial charge in [0.1, 0.15) is 16.5 Å². The second kappa shape index (κ2) is 6.85. The molecule has 0 saturated carbocycles. The van der Waals surface area contributed by atoms with Gasteiger partial charge in [-0.25, -0.2) is 4.98 Å². The number of rotatable bonds is 6. The molecule has 4 nitrogen and oxygen atoms in total. The molecule has 0 aromatic carbocycles. The number of aromatic nitrogens is 1. The monoisotopic (exact) mass is 307 g/mol. The maximum Gasteiger partial charge on any atom is 0.433 e. The molecule has 20 heavy (non-hydrogen) atoms. The molecule has 8 heteroatoms. The number of pyridine rings is 1. The molecular weight excluding hydrogens is 291 g/mol. The Morgan fingerprint density at radius 3 is 2.65 bits per heavy atom. The number of ether oxygens (including phenoxy) is 1. The number of nitrogens with one attached hydrogen (secondary N) is 1. The quantitative estimate of drug-likeness (QED) is 0.791. The van der Waals surface area contributed by atoms with E-state index < -0.39 is 11.9 Å². The van der Waals surface area contributed by atoms with Crippen LogP contribution >= 0.6 is 12.2 Å². The van der Waals surface area contributed by atoms with Crippen LogP contribution in [0.2, 0.25) is 0 Å². The predicted octanol–water partition coefficient (Wildman–Crippen LogP) is 2.43. The van der Waals surface area contributed by atoms with Crippen LogP contribution in [-0.2, 0) is 10.9 Å². The lowest BCUT2D eigenvalue weighted by molar-refractivity contribution is -0.141. The van der Waals surface area contributed by atoms with Crippen molar-refractivity contribution in [1.82, 2.24) is 4.98 Å². The van der Waals surface area contributed by atoms with Gasteiger partial charge in [0.15, 0.2) is 0 Å². The molecule has 0 radical (unpaired) electrons. The highest BCUT2D eigenvalue weighted by molar-refractivity contribution is 7.80. The van der Waals surface area contributed by atoms with E-state index in [1.807, 2.05) is 6.92 Å². The van der Waals surface area contributed by atoms with Crippen molar-refractivity contribution in [3.8, 4) is 0 Å². The van der Waals surface area contributed by atoms with Crippen LogP contribution in [0.25, 0.3) is 0 Å². The number of hydrogen-bond donors (Lipinski definition) is 2. The molecule has 0 fully saturated rings. The average molecular weight is 307 g/mol. The van der Waals surface area contributed by atoms with Crippen LogP contribution in [0, 0.1) is 5.92 Å². The largest absolute Gasteiger partial charge is 0.433 e. The summed E-state index contributed by atoms with van der Waals surface area (Å²) in [5.41, 5.74) is 4.79. The molecule has 0 saturated heterocycles. The number of alkyl halides is 3. The molecule has 0 bridgehead atoms. The van der Waals surface area contributed by atoms with Gasteiger partial charge in [-0.3, -0.25) is 0 Å². The van der Waals surface area contributed by atoms with Gasteiger partial charge in [0.05, 0.1) is 12.2 Å². The Bertz CT molecular complexity index is 480. The predicted molar refractivity (Wildman–Crippen MR) is 74.7 cm³/mol. The van der Waals surface area contributed by atoms with Crippen LogP contribution in [0.1, 0.15) is 18.2 Å². The Morgan fingerprint density at radius 2 is 2.15 bits per heavy atom. The molecule has 1 unspecified atom stereocenters. The minimum Gasteiger partial charge on any atom is -0.389 e. The first-order valence-electron chi connectivity index (χ1n) is 5.86. The number of halogens is 3. The van der Waals surface area contributed by atoms with E-state index in [4.69, 9.17) is 22.7 Å². The standard InChI is InChI=1S/C12H16F3N3OS/c1-7(6-19-2)5-17-11-8(10(16)20)3-4-9(18-11)12(13,14)15/h3-4,7H,5-6H2,1-2H3,(H2,16,20)(H,17,18). The van der Waals surface area contributed by atoms with Crippen LogP contribution in [-0.4, -0.2) is 30.2 Å². The minimum atomic E-state index is -4.51. The molecule has 0 amide bonds. The van der Waals surface area contributed by atoms with Crippen molar-refractivity contribution < 1.29 is 17.9 Å². The summed E-state index contributed by atoms with van der Waals surface area (Å²) in [5, 5.41) is 2.83. The third kappa shape index (κ3) is 4.61. The highest BCUT2D eigenvalue weighted by atomic mass is 32.1. The topological polar surface area (TPSA) is 60.2 Å². The number of nitrogens with zero attached hydrogens (tertiary/aromatic N) is 1. The summed E-state index contributed by atoms with van der Waals surface area (Å²) in [5.74, 6) is 0.144. The van der Waals surface area contributed by atoms with Crippen molar-refractivity contribution in [3.05, 3.63) is 23.4 Å². The van der Waals surface area contributed by atoms with Gasteiger partial charge in [0.2, 0.25) is 0 Å². The van der Waals surface area contributed by atoms with Gasteiger partial charge in [-0.05, 0) is 18.1 Å². The zero-order valence-electron chi connectivity index (χ0n) is 11.1. The fourth-order valence-electron chi connectivity index (χ4n) is 1.56. The molecule has 1 atom stereocenters. The minimum absolute atomic E-state index is 0.00637. The molecule has 1 rings (SSSR count). The Morgan fingerprint density at radius 1 is 1.50 bits per heavy atom. The van der Waals surface area contributed by atoms with E-state index in [9.17, 15) is 13.2 Å². The second-order valence-electron chi connectivity index (χ2n) is 4.40. The van der Waals surface area contributed by atoms with Crippen molar-refractivity contribution >= 4 is 23.0 Å². The smallest absolute Gasteiger partial charge is 0.389 e. The lowest BCUT2D eigenvalue weighted by Gasteiger charge is -2.16. The summed E-state index contributed by atoms with van der Waals surface area (Å²) in [6.07, 6.45) is -4.51. The van der Waals surface area contributed by atoms with Crippen molar-refractivity contribution in [1.29, 1.82) is 0 Å². The highest BCUT2D eigenvalue weighted by Crippen LogP contribution is 2.29. The van der Waals surface area contributed by atoms with E-state index in [2.05, 4.69) is 10.3 Å². The maximum atomic E-state index is 12.6. The van der Waals surface area contributed by atoms with E-state index in [1.54, 1.807) is 7.11 Å². The number of methoxy groups -OCH3 is 1. The molecule has 1 heterocycles. The Balaban J connectivity index is 2.98. The van der Waals surface area contributed by atoms with Gasteiger partial charge in [-0.2, -0.15) is 13.2 Å². The first kappa shape index (κ1) is 16.6. The van der Waals surface area contributed by atoms with Crippen molar-refractivity contribution in [2.24, 2.45) is 11.7 Å². The Kier molecular flexibility index (Phi) is 5.70. The lowest BCUT2D eigenvalue weighted by Crippen LogP contribution is -2.21. The summed E-state index contributed by atoms with van der Waals surface area (Å²) in [7, 11) is 1.56. The van der Waals surface area contributed by atoms with Crippen LogP contribution < -0.4 is 11.1 Å². The Hall–Kier alpha value is -1.41. The van der Waals surface area contributed by atoms with Gasteiger partial charge >= 0.3 is 6.18 Å². The number of nitrogens with two attached hydrogens (primary N) is 1. The van der Waals surface area contributed by atoms with E-state index >= 15 is 0 Å². The van der Waals surface area contributed by atoms with Crippen LogP contribution in [0.4, 0.5) is 19.0 Å². The summed E-state index contributed by atoms with van der Waals surface area (Å²) in [4.78, 5) is 3.55. The number of thiocarbonyl (C=S) groups is 1. The zero-order valence-corrected chi connectivity index (χ0v) is 11.9. The summed E-state index contributed by atoms with van der Waals surface area (Å²) < 4.78 is 42.9. The maximum absolute atomic E-state index is 12.6. The highest BCUT2D eigenvalue weighted by Gasteiger charge is 2.33. The molecule has 1 aromatic heterocycles. The van der Waals surface area contributed by atoms with E-state index in [-0.39, 0.29) is 22.3 Å². The molecule has 0 spiro atoms. The third-order valence-electron chi connectivity index (χ3n) is 2.52. The Labute approximate surface area is 120 Å². The van der Waals surface area contributed by atoms with Crippen LogP contribution in [0.15, 0.2) is 12.1 Å². The molecule has 0 aliphatic carbocycles. The normalized spacial score (nSPS) is 13.1. The van der Waals surface area contributed by atoms with Gasteiger partial charge in [-0.1, -0.05) is 19.1 Å². The van der Waals surface area contributed by atoms with Gasteiger partial charge in [0, 0.05) is 13.7 Å². The van der Waals surface area contributed by atoms with Crippen molar-refractivity contribution in [2.45, 2.75) is 13.1 Å². The van der Waals surface area contributed by atoms with E-state index in [1.165, 1.54) is 6.07 Å². The number of hydrogen-bond acceptors (Lipinski definition) is 4. The van der Waals surface area contributed by atoms with E-state index in [0.717, 1.165) is 6.07 Å². The van der Waals surface area contributed by atoms with Crippen molar-refractivity contribution in [2.75, 3.05) is 25.6 Å². The molecule has 3 N–H and O–H groups in total. The van der Waals surface area contributed by atoms with E-state index in [0.29, 0.717) is 13.2 Å². The van der Waals surface area contributed by atoms with Gasteiger partial charge in [-0.15, -0.1) is 0 Å². The van der Waals surface area contributed by atoms with Gasteiger partial charge in [0.25, 0.3) is 0 Å². The first-order chi connectivity index (χ1) is 9.25.